The van der Waals surface area contributed by atoms with Crippen LogP contribution in [0.25, 0.3) is 0 Å². The van der Waals surface area contributed by atoms with Gasteiger partial charge in [-0.05, 0) is 63.0 Å². The van der Waals surface area contributed by atoms with Crippen molar-refractivity contribution in [2.75, 3.05) is 39.5 Å². The summed E-state index contributed by atoms with van der Waals surface area (Å²) in [6, 6.07) is 10.8. The van der Waals surface area contributed by atoms with Crippen LogP contribution in [0, 0.1) is 0 Å². The first-order chi connectivity index (χ1) is 13.8. The maximum Gasteiger partial charge on any atom is 0.148 e. The van der Waals surface area contributed by atoms with Crippen LogP contribution in [0.15, 0.2) is 56.3 Å². The fraction of sp³-hybridized carbons (Fsp3) is 0.350. The van der Waals surface area contributed by atoms with Crippen molar-refractivity contribution < 1.29 is 27.0 Å². The molecule has 2 rings (SSSR count). The molecule has 0 aliphatic rings. The van der Waals surface area contributed by atoms with Crippen LogP contribution in [0.3, 0.4) is 0 Å². The number of quaternary nitrogens is 1. The van der Waals surface area contributed by atoms with Crippen LogP contribution in [-0.4, -0.2) is 57.0 Å². The van der Waals surface area contributed by atoms with E-state index in [0.29, 0.717) is 18.7 Å². The fourth-order valence-corrected chi connectivity index (χ4v) is 4.21. The Morgan fingerprint density at radius 1 is 1.10 bits per heavy atom. The molecule has 0 atom stereocenters. The molecular weight excluding hydrogens is 540 g/mol. The Labute approximate surface area is 194 Å². The molecule has 0 aliphatic carbocycles. The van der Waals surface area contributed by atoms with Gasteiger partial charge >= 0.3 is 0 Å². The molecule has 0 aromatic heterocycles. The zero-order chi connectivity index (χ0) is 22.9. The molecule has 7 nitrogen and oxygen atoms in total. The van der Waals surface area contributed by atoms with E-state index in [1.807, 2.05) is 12.1 Å². The summed E-state index contributed by atoms with van der Waals surface area (Å²) in [6.45, 7) is 3.85. The normalized spacial score (nSPS) is 11.4. The zero-order valence-electron chi connectivity index (χ0n) is 17.1. The quantitative estimate of drug-likeness (QED) is 0.296. The van der Waals surface area contributed by atoms with Crippen molar-refractivity contribution in [3.8, 4) is 5.75 Å². The van der Waals surface area contributed by atoms with E-state index < -0.39 is 10.1 Å². The van der Waals surface area contributed by atoms with E-state index in [9.17, 15) is 17.8 Å². The largest absolute Gasteiger partial charge is 0.744 e. The van der Waals surface area contributed by atoms with Crippen molar-refractivity contribution in [3.05, 3.63) is 51.4 Å². The van der Waals surface area contributed by atoms with E-state index in [1.54, 1.807) is 13.0 Å². The van der Waals surface area contributed by atoms with Crippen LogP contribution in [0.1, 0.15) is 13.3 Å². The Bertz CT molecular complexity index is 928. The summed E-state index contributed by atoms with van der Waals surface area (Å²) in [6.07, 6.45) is 0.599. The van der Waals surface area contributed by atoms with Gasteiger partial charge in [0, 0.05) is 5.69 Å². The van der Waals surface area contributed by atoms with Gasteiger partial charge in [0.1, 0.15) is 34.8 Å². The van der Waals surface area contributed by atoms with Gasteiger partial charge in [-0.3, -0.25) is 4.79 Å². The van der Waals surface area contributed by atoms with Crippen LogP contribution < -0.4 is 10.5 Å². The minimum absolute atomic E-state index is 0.185. The van der Waals surface area contributed by atoms with Crippen molar-refractivity contribution in [3.63, 3.8) is 0 Å². The second kappa shape index (κ2) is 11.8. The summed E-state index contributed by atoms with van der Waals surface area (Å²) in [5.74, 6) is 0.979. The average molecular weight is 566 g/mol. The number of nitrogens with zero attached hydrogens (tertiary/aromatic N) is 1. The number of nitrogen functional groups attached to an aromatic ring is 1. The smallest absolute Gasteiger partial charge is 0.148 e. The molecule has 0 spiro atoms. The number of likely N-dealkylation sites (N-methyl/N-ethyl adjacent to an activating group) is 1. The number of carbonyl (C=O) groups excluding carboxylic acids is 1. The Morgan fingerprint density at radius 2 is 1.63 bits per heavy atom. The summed E-state index contributed by atoms with van der Waals surface area (Å²) in [7, 11) is -0.0596. The van der Waals surface area contributed by atoms with Crippen molar-refractivity contribution >= 4 is 53.4 Å². The molecule has 2 aromatic rings. The Hall–Kier alpha value is -1.46. The lowest BCUT2D eigenvalue weighted by Crippen LogP contribution is -2.44. The first-order valence-corrected chi connectivity index (χ1v) is 12.0. The first kappa shape index (κ1) is 26.6. The van der Waals surface area contributed by atoms with Gasteiger partial charge in [-0.1, -0.05) is 18.2 Å². The molecule has 0 fully saturated rings. The van der Waals surface area contributed by atoms with Crippen molar-refractivity contribution in [1.82, 2.24) is 0 Å². The molecule has 0 bridgehead atoms. The number of benzene rings is 2. The maximum absolute atomic E-state index is 11.0. The molecular formula is C20H26Br2N2O5S. The van der Waals surface area contributed by atoms with Crippen LogP contribution in [0.2, 0.25) is 0 Å². The highest BCUT2D eigenvalue weighted by molar-refractivity contribution is 9.11. The van der Waals surface area contributed by atoms with E-state index in [4.69, 9.17) is 10.5 Å². The number of anilines is 1. The maximum atomic E-state index is 11.0. The molecule has 0 saturated carbocycles. The number of carbonyl (C=O) groups is 1. The van der Waals surface area contributed by atoms with Gasteiger partial charge in [0.15, 0.2) is 0 Å². The molecule has 0 saturated heterocycles. The number of ether oxygens (including phenoxy) is 1. The molecule has 10 heteroatoms. The lowest BCUT2D eigenvalue weighted by Gasteiger charge is -2.29. The van der Waals surface area contributed by atoms with E-state index in [1.165, 1.54) is 24.3 Å². The molecule has 0 radical (unpaired) electrons. The van der Waals surface area contributed by atoms with Crippen LogP contribution >= 0.6 is 31.9 Å². The number of nitrogens with two attached hydrogens (primary N) is 1. The van der Waals surface area contributed by atoms with Gasteiger partial charge in [-0.2, -0.15) is 0 Å². The molecule has 30 heavy (non-hydrogen) atoms. The lowest BCUT2D eigenvalue weighted by molar-refractivity contribution is -0.889. The SMILES string of the molecule is CC(=O)CC[N+](C)(C)CCOc1c(Br)cc(N)cc1Br.O=S(=O)([O-])c1ccccc1. The van der Waals surface area contributed by atoms with Crippen LogP contribution in [0.4, 0.5) is 5.69 Å². The minimum Gasteiger partial charge on any atom is -0.744 e. The molecule has 166 valence electrons. The Balaban J connectivity index is 0.000000375. The number of ketones is 1. The zero-order valence-corrected chi connectivity index (χ0v) is 21.1. The number of rotatable bonds is 8. The van der Waals surface area contributed by atoms with Gasteiger partial charge < -0.3 is 19.5 Å². The summed E-state index contributed by atoms with van der Waals surface area (Å²) in [5, 5.41) is 0. The van der Waals surface area contributed by atoms with Gasteiger partial charge in [0.05, 0.1) is 40.9 Å². The Kier molecular flexibility index (Phi) is 10.5. The first-order valence-electron chi connectivity index (χ1n) is 9.01. The number of Topliss-reactive ketones (excluding diaryl/α,β-unsaturated/α-hetero) is 1. The summed E-state index contributed by atoms with van der Waals surface area (Å²) >= 11 is 6.89. The molecule has 2 N–H and O–H groups in total. The topological polar surface area (TPSA) is 110 Å². The third-order valence-corrected chi connectivity index (χ3v) is 6.09. The highest BCUT2D eigenvalue weighted by Gasteiger charge is 2.17. The number of hydrogen-bond donors (Lipinski definition) is 1. The average Bonchev–Trinajstić information content (AvgIpc) is 2.63. The highest BCUT2D eigenvalue weighted by atomic mass is 79.9. The van der Waals surface area contributed by atoms with Gasteiger partial charge in [-0.15, -0.1) is 0 Å². The number of halogens is 2. The van der Waals surface area contributed by atoms with Gasteiger partial charge in [-0.25, -0.2) is 8.42 Å². The van der Waals surface area contributed by atoms with Crippen LogP contribution in [-0.2, 0) is 14.9 Å². The predicted octanol–water partition coefficient (Wildman–Crippen LogP) is 3.82. The van der Waals surface area contributed by atoms with Crippen LogP contribution in [0.5, 0.6) is 5.75 Å². The highest BCUT2D eigenvalue weighted by Crippen LogP contribution is 2.35. The van der Waals surface area contributed by atoms with Gasteiger partial charge in [0.2, 0.25) is 0 Å². The summed E-state index contributed by atoms with van der Waals surface area (Å²) in [4.78, 5) is 10.9. The van der Waals surface area contributed by atoms with E-state index >= 15 is 0 Å². The molecule has 0 aliphatic heterocycles. The fourth-order valence-electron chi connectivity index (χ4n) is 2.27. The third kappa shape index (κ3) is 10.0. The molecule has 2 aromatic carbocycles. The van der Waals surface area contributed by atoms with E-state index in [2.05, 4.69) is 46.0 Å². The summed E-state index contributed by atoms with van der Waals surface area (Å²) < 4.78 is 39.1. The lowest BCUT2D eigenvalue weighted by atomic mass is 10.3. The van der Waals surface area contributed by atoms with Crippen molar-refractivity contribution in [2.45, 2.75) is 18.2 Å². The van der Waals surface area contributed by atoms with E-state index in [-0.39, 0.29) is 10.7 Å². The number of hydrogen-bond acceptors (Lipinski definition) is 6. The second-order valence-corrected chi connectivity index (χ2v) is 10.4. The van der Waals surface area contributed by atoms with E-state index in [0.717, 1.165) is 32.3 Å². The van der Waals surface area contributed by atoms with Gasteiger partial charge in [0.25, 0.3) is 0 Å². The third-order valence-electron chi connectivity index (χ3n) is 4.06. The molecule has 0 amide bonds. The molecule has 0 heterocycles. The summed E-state index contributed by atoms with van der Waals surface area (Å²) in [5.41, 5.74) is 6.42. The van der Waals surface area contributed by atoms with Crippen molar-refractivity contribution in [1.29, 1.82) is 0 Å². The monoisotopic (exact) mass is 564 g/mol. The second-order valence-electron chi connectivity index (χ2n) is 7.26. The minimum atomic E-state index is -4.25. The Morgan fingerprint density at radius 3 is 2.07 bits per heavy atom. The van der Waals surface area contributed by atoms with Crippen molar-refractivity contribution in [2.24, 2.45) is 0 Å². The predicted molar refractivity (Wildman–Crippen MR) is 123 cm³/mol. The molecule has 0 unspecified atom stereocenters. The standard InChI is InChI=1S/C14H21Br2N2O2.C6H6O3S/c1-10(19)4-5-18(2,3)6-7-20-14-12(15)8-11(17)9-13(14)16;7-10(8,9)6-4-2-1-3-5-6/h8-9H,4-7,17H2,1-3H3;1-5H,(H,7,8,9)/q+1;/p-1.